The van der Waals surface area contributed by atoms with Crippen molar-refractivity contribution in [2.24, 2.45) is 10.8 Å². The molecule has 1 aromatic rings. The van der Waals surface area contributed by atoms with Gasteiger partial charge in [-0.3, -0.25) is 4.79 Å². The van der Waals surface area contributed by atoms with Crippen LogP contribution in [-0.4, -0.2) is 17.7 Å². The number of halogens is 3. The van der Waals surface area contributed by atoms with E-state index in [1.165, 1.54) is 13.3 Å². The van der Waals surface area contributed by atoms with Crippen LogP contribution in [0.4, 0.5) is 0 Å². The SMILES string of the molecule is C.CC.CC(=O)OCCCCC(C)(C)C(C)(C)C.Oc1ccccc1.[I][V]([I])[I]. The van der Waals surface area contributed by atoms with Crippen LogP contribution >= 0.6 is 59.9 Å². The standard InChI is InChI=1S/C13H26O2.C6H6O.C2H6.CH4.3HI.V/c1-11(14)15-10-8-7-9-13(5,6)12(2,3)4;7-6-4-2-1-3-5-6;1-2;;;;;/h7-10H2,1-6H3;1-5,7H;1-2H3;1H4;3*1H;/q;;;;;;;+3/p-3. The van der Waals surface area contributed by atoms with Crippen molar-refractivity contribution in [3.8, 4) is 5.75 Å². The monoisotopic (exact) mass is 786 g/mol. The van der Waals surface area contributed by atoms with Gasteiger partial charge in [-0.05, 0) is 42.2 Å². The number of carbonyl (C=O) groups is 1. The van der Waals surface area contributed by atoms with Crippen LogP contribution in [0.5, 0.6) is 5.75 Å². The van der Waals surface area contributed by atoms with E-state index in [0.29, 0.717) is 23.2 Å². The Balaban J connectivity index is -0.000000184. The van der Waals surface area contributed by atoms with E-state index in [4.69, 9.17) is 9.84 Å². The fourth-order valence-corrected chi connectivity index (χ4v) is 1.69. The number of para-hydroxylation sites is 1. The van der Waals surface area contributed by atoms with Crippen molar-refractivity contribution < 1.29 is 19.6 Å². The van der Waals surface area contributed by atoms with Crippen molar-refractivity contribution in [2.45, 2.75) is 82.1 Å². The molecule has 0 heterocycles. The Hall–Kier alpha value is 1.26. The molecular weight excluding hydrogens is 744 g/mol. The van der Waals surface area contributed by atoms with Gasteiger partial charge in [0.15, 0.2) is 0 Å². The average molecular weight is 786 g/mol. The van der Waals surface area contributed by atoms with E-state index >= 15 is 0 Å². The van der Waals surface area contributed by atoms with Crippen LogP contribution < -0.4 is 0 Å². The molecular formula is C22H42I3O3V. The second-order valence-corrected chi connectivity index (χ2v) is 42.8. The molecule has 0 amide bonds. The predicted molar refractivity (Wildman–Crippen MR) is 152 cm³/mol. The Morgan fingerprint density at radius 2 is 1.41 bits per heavy atom. The molecule has 1 N–H and O–H groups in total. The van der Waals surface area contributed by atoms with E-state index in [1.807, 2.05) is 19.9 Å². The second kappa shape index (κ2) is 22.5. The number of hydrogen-bond donors (Lipinski definition) is 1. The summed E-state index contributed by atoms with van der Waals surface area (Å²) in [6.07, 6.45) is 3.27. The minimum atomic E-state index is -0.278. The van der Waals surface area contributed by atoms with Crippen LogP contribution in [-0.2, 0) is 14.5 Å². The Kier molecular flexibility index (Phi) is 29.1. The molecule has 0 radical (unpaired) electrons. The quantitative estimate of drug-likeness (QED) is 0.184. The summed E-state index contributed by atoms with van der Waals surface area (Å²) in [5, 5.41) is 8.63. The molecule has 0 aliphatic heterocycles. The van der Waals surface area contributed by atoms with E-state index in [1.54, 1.807) is 24.3 Å². The van der Waals surface area contributed by atoms with Crippen LogP contribution in [0.2, 0.25) is 0 Å². The summed E-state index contributed by atoms with van der Waals surface area (Å²) in [5.41, 5.74) is 0.664. The summed E-state index contributed by atoms with van der Waals surface area (Å²) in [7, 11) is 0. The van der Waals surface area contributed by atoms with Gasteiger partial charge in [0, 0.05) is 6.92 Å². The zero-order chi connectivity index (χ0) is 22.8. The minimum absolute atomic E-state index is 0. The number of esters is 1. The Labute approximate surface area is 218 Å². The molecule has 0 aromatic heterocycles. The normalized spacial score (nSPS) is 10.1. The van der Waals surface area contributed by atoms with E-state index in [-0.39, 0.29) is 18.3 Å². The Morgan fingerprint density at radius 3 is 1.69 bits per heavy atom. The molecule has 174 valence electrons. The number of carbonyl (C=O) groups excluding carboxylic acids is 1. The molecule has 0 atom stereocenters. The zero-order valence-corrected chi connectivity index (χ0v) is 26.4. The van der Waals surface area contributed by atoms with Crippen LogP contribution in [0.1, 0.15) is 82.1 Å². The first-order valence-electron chi connectivity index (χ1n) is 9.44. The Morgan fingerprint density at radius 1 is 1.00 bits per heavy atom. The number of aromatic hydroxyl groups is 1. The van der Waals surface area contributed by atoms with E-state index in [2.05, 4.69) is 94.6 Å². The first-order chi connectivity index (χ1) is 12.8. The van der Waals surface area contributed by atoms with Crippen molar-refractivity contribution in [3.05, 3.63) is 30.3 Å². The summed E-state index contributed by atoms with van der Waals surface area (Å²) in [6.45, 7) is 17.5. The van der Waals surface area contributed by atoms with Gasteiger partial charge in [-0.1, -0.05) is 74.1 Å². The molecule has 3 nitrogen and oxygen atoms in total. The summed E-state index contributed by atoms with van der Waals surface area (Å²) >= 11 is 7.39. The van der Waals surface area contributed by atoms with Gasteiger partial charge >= 0.3 is 70.8 Å². The third-order valence-corrected chi connectivity index (χ3v) is 4.29. The summed E-state index contributed by atoms with van der Waals surface area (Å²) in [4.78, 5) is 10.3. The van der Waals surface area contributed by atoms with Gasteiger partial charge in [0.05, 0.1) is 6.61 Å². The zero-order valence-electron chi connectivity index (χ0n) is 18.6. The van der Waals surface area contributed by atoms with Gasteiger partial charge in [0.2, 0.25) is 0 Å². The van der Waals surface area contributed by atoms with Gasteiger partial charge < -0.3 is 9.84 Å². The summed E-state index contributed by atoms with van der Waals surface area (Å²) in [6, 6.07) is 8.71. The molecule has 7 heteroatoms. The van der Waals surface area contributed by atoms with Crippen molar-refractivity contribution in [1.29, 1.82) is 0 Å². The van der Waals surface area contributed by atoms with E-state index < -0.39 is 0 Å². The van der Waals surface area contributed by atoms with Crippen molar-refractivity contribution in [2.75, 3.05) is 6.61 Å². The predicted octanol–water partition coefficient (Wildman–Crippen LogP) is 9.50. The Bertz CT molecular complexity index is 473. The number of benzene rings is 1. The van der Waals surface area contributed by atoms with Crippen LogP contribution in [0.3, 0.4) is 0 Å². The van der Waals surface area contributed by atoms with Crippen molar-refractivity contribution in [1.82, 2.24) is 0 Å². The van der Waals surface area contributed by atoms with Crippen molar-refractivity contribution >= 4 is 65.9 Å². The maximum absolute atomic E-state index is 10.5. The number of hydrogen-bond acceptors (Lipinski definition) is 3. The maximum atomic E-state index is 10.5. The average Bonchev–Trinajstić information content (AvgIpc) is 2.56. The fourth-order valence-electron chi connectivity index (χ4n) is 1.69. The molecule has 0 bridgehead atoms. The van der Waals surface area contributed by atoms with Crippen LogP contribution in [0.15, 0.2) is 30.3 Å². The van der Waals surface area contributed by atoms with Gasteiger partial charge in [-0.2, -0.15) is 0 Å². The van der Waals surface area contributed by atoms with Crippen LogP contribution in [0.25, 0.3) is 0 Å². The number of phenols is 1. The molecule has 0 fully saturated rings. The topological polar surface area (TPSA) is 46.5 Å². The first-order valence-corrected chi connectivity index (χ1v) is 23.0. The summed E-state index contributed by atoms with van der Waals surface area (Å²) in [5.74, 6) is 0.146. The molecule has 0 saturated carbocycles. The second-order valence-electron chi connectivity index (χ2n) is 7.46. The van der Waals surface area contributed by atoms with E-state index in [9.17, 15) is 4.79 Å². The molecule has 0 unspecified atom stereocenters. The van der Waals surface area contributed by atoms with Gasteiger partial charge in [0.1, 0.15) is 5.75 Å². The molecule has 0 aliphatic rings. The van der Waals surface area contributed by atoms with Gasteiger partial charge in [-0.25, -0.2) is 0 Å². The molecule has 0 saturated heterocycles. The number of rotatable bonds is 5. The van der Waals surface area contributed by atoms with Gasteiger partial charge in [-0.15, -0.1) is 0 Å². The van der Waals surface area contributed by atoms with Crippen molar-refractivity contribution in [3.63, 3.8) is 0 Å². The first kappa shape index (κ1) is 37.6. The number of unbranched alkanes of at least 4 members (excludes halogenated alkanes) is 1. The molecule has 0 spiro atoms. The fraction of sp³-hybridized carbons (Fsp3) is 0.682. The summed E-state index contributed by atoms with van der Waals surface area (Å²) < 4.78 is 4.90. The third kappa shape index (κ3) is 29.3. The third-order valence-electron chi connectivity index (χ3n) is 4.29. The molecule has 29 heavy (non-hydrogen) atoms. The molecule has 1 rings (SSSR count). The van der Waals surface area contributed by atoms with E-state index in [0.717, 1.165) is 12.8 Å². The number of phenolic OH excluding ortho intramolecular Hbond substituents is 1. The number of ether oxygens (including phenoxy) is 1. The van der Waals surface area contributed by atoms with Gasteiger partial charge in [0.25, 0.3) is 0 Å². The molecule has 0 aliphatic carbocycles. The molecule has 1 aromatic carbocycles. The van der Waals surface area contributed by atoms with Crippen LogP contribution in [0, 0.1) is 10.8 Å².